The van der Waals surface area contributed by atoms with Crippen LogP contribution in [0.15, 0.2) is 30.3 Å². The van der Waals surface area contributed by atoms with E-state index in [-0.39, 0.29) is 5.91 Å². The van der Waals surface area contributed by atoms with Crippen molar-refractivity contribution < 1.29 is 9.53 Å². The molecule has 3 rings (SSSR count). The first-order valence-corrected chi connectivity index (χ1v) is 9.20. The van der Waals surface area contributed by atoms with E-state index in [1.54, 1.807) is 6.07 Å². The Bertz CT molecular complexity index is 761. The van der Waals surface area contributed by atoms with Crippen molar-refractivity contribution in [1.82, 2.24) is 14.9 Å². The van der Waals surface area contributed by atoms with Crippen LogP contribution in [-0.2, 0) is 0 Å². The maximum Gasteiger partial charge on any atom is 0.272 e. The van der Waals surface area contributed by atoms with Crippen molar-refractivity contribution in [3.8, 4) is 5.75 Å². The monoisotopic (exact) mass is 354 g/mol. The summed E-state index contributed by atoms with van der Waals surface area (Å²) < 4.78 is 5.45. The highest BCUT2D eigenvalue weighted by Crippen LogP contribution is 2.20. The lowest BCUT2D eigenvalue weighted by Crippen LogP contribution is -2.39. The Morgan fingerprint density at radius 1 is 1.31 bits per heavy atom. The highest BCUT2D eigenvalue weighted by atomic mass is 16.5. The molecular weight excluding hydrogens is 328 g/mol. The Morgan fingerprint density at radius 3 is 2.77 bits per heavy atom. The van der Waals surface area contributed by atoms with Crippen molar-refractivity contribution in [2.45, 2.75) is 33.6 Å². The predicted octanol–water partition coefficient (Wildman–Crippen LogP) is 3.80. The topological polar surface area (TPSA) is 67.3 Å². The average Bonchev–Trinajstić information content (AvgIpc) is 2.62. The number of aromatic nitrogens is 2. The number of nitrogens with zero attached hydrogens (tertiary/aromatic N) is 3. The zero-order valence-corrected chi connectivity index (χ0v) is 15.7. The molecule has 6 nitrogen and oxygen atoms in total. The molecule has 1 aliphatic rings. The average molecular weight is 354 g/mol. The minimum Gasteiger partial charge on any atom is -0.494 e. The summed E-state index contributed by atoms with van der Waals surface area (Å²) in [6, 6.07) is 9.35. The summed E-state index contributed by atoms with van der Waals surface area (Å²) in [4.78, 5) is 23.6. The summed E-state index contributed by atoms with van der Waals surface area (Å²) in [5, 5.41) is 3.17. The third kappa shape index (κ3) is 4.50. The van der Waals surface area contributed by atoms with Crippen LogP contribution in [0.2, 0.25) is 0 Å². The van der Waals surface area contributed by atoms with Crippen LogP contribution in [0.3, 0.4) is 0 Å². The van der Waals surface area contributed by atoms with Gasteiger partial charge in [0, 0.05) is 24.5 Å². The number of carbonyl (C=O) groups excluding carboxylic acids is 1. The molecule has 1 aliphatic heterocycles. The number of hydrogen-bond donors (Lipinski definition) is 1. The zero-order valence-electron chi connectivity index (χ0n) is 15.7. The lowest BCUT2D eigenvalue weighted by molar-refractivity contribution is 0.0677. The molecule has 138 valence electrons. The smallest absolute Gasteiger partial charge is 0.272 e. The highest BCUT2D eigenvalue weighted by Gasteiger charge is 2.23. The molecule has 2 aromatic rings. The zero-order chi connectivity index (χ0) is 18.5. The molecule has 1 aromatic carbocycles. The number of anilines is 2. The van der Waals surface area contributed by atoms with Crippen LogP contribution in [0.5, 0.6) is 5.75 Å². The van der Waals surface area contributed by atoms with Gasteiger partial charge in [-0.05, 0) is 62.9 Å². The predicted molar refractivity (Wildman–Crippen MR) is 102 cm³/mol. The van der Waals surface area contributed by atoms with Crippen LogP contribution in [0.4, 0.5) is 11.6 Å². The summed E-state index contributed by atoms with van der Waals surface area (Å²) in [5.74, 6) is 1.77. The number of aryl methyl sites for hydroxylation is 1. The van der Waals surface area contributed by atoms with Gasteiger partial charge >= 0.3 is 0 Å². The lowest BCUT2D eigenvalue weighted by Gasteiger charge is -2.30. The van der Waals surface area contributed by atoms with E-state index in [9.17, 15) is 4.79 Å². The van der Waals surface area contributed by atoms with Gasteiger partial charge in [0.2, 0.25) is 5.95 Å². The summed E-state index contributed by atoms with van der Waals surface area (Å²) in [7, 11) is 0. The van der Waals surface area contributed by atoms with Gasteiger partial charge in [-0.25, -0.2) is 9.97 Å². The molecule has 1 aromatic heterocycles. The Kier molecular flexibility index (Phi) is 5.71. The van der Waals surface area contributed by atoms with E-state index in [4.69, 9.17) is 4.74 Å². The lowest BCUT2D eigenvalue weighted by atomic mass is 10.00. The van der Waals surface area contributed by atoms with Crippen LogP contribution >= 0.6 is 0 Å². The molecule has 1 atom stereocenters. The molecule has 0 aliphatic carbocycles. The van der Waals surface area contributed by atoms with Crippen molar-refractivity contribution in [3.63, 3.8) is 0 Å². The summed E-state index contributed by atoms with van der Waals surface area (Å²) >= 11 is 0. The second-order valence-electron chi connectivity index (χ2n) is 6.80. The Balaban J connectivity index is 1.75. The second-order valence-corrected chi connectivity index (χ2v) is 6.80. The first kappa shape index (κ1) is 18.2. The molecule has 0 bridgehead atoms. The minimum atomic E-state index is -0.0169. The molecule has 1 saturated heterocycles. The quantitative estimate of drug-likeness (QED) is 0.884. The molecular formula is C20H26N4O2. The summed E-state index contributed by atoms with van der Waals surface area (Å²) in [6.45, 7) is 8.24. The SMILES string of the molecule is CCOc1ccc(Nc2nc(C)cc(C(=O)N3CCCC(C)C3)n2)cc1. The fourth-order valence-electron chi connectivity index (χ4n) is 3.20. The molecule has 0 saturated carbocycles. The van der Waals surface area contributed by atoms with Gasteiger partial charge in [0.15, 0.2) is 0 Å². The normalized spacial score (nSPS) is 17.0. The number of ether oxygens (including phenoxy) is 1. The number of likely N-dealkylation sites (tertiary alicyclic amines) is 1. The number of benzene rings is 1. The summed E-state index contributed by atoms with van der Waals surface area (Å²) in [6.07, 6.45) is 2.23. The van der Waals surface area contributed by atoms with Gasteiger partial charge in [0.25, 0.3) is 5.91 Å². The van der Waals surface area contributed by atoms with Gasteiger partial charge in [-0.3, -0.25) is 4.79 Å². The van der Waals surface area contributed by atoms with Crippen molar-refractivity contribution in [2.75, 3.05) is 25.0 Å². The van der Waals surface area contributed by atoms with Gasteiger partial charge in [0.05, 0.1) is 6.61 Å². The van der Waals surface area contributed by atoms with E-state index in [0.717, 1.165) is 36.6 Å². The second kappa shape index (κ2) is 8.17. The van der Waals surface area contributed by atoms with E-state index < -0.39 is 0 Å². The first-order chi connectivity index (χ1) is 12.5. The molecule has 1 unspecified atom stereocenters. The molecule has 26 heavy (non-hydrogen) atoms. The Labute approximate surface area is 154 Å². The van der Waals surface area contributed by atoms with Gasteiger partial charge in [-0.1, -0.05) is 6.92 Å². The van der Waals surface area contributed by atoms with Crippen molar-refractivity contribution >= 4 is 17.5 Å². The Morgan fingerprint density at radius 2 is 2.08 bits per heavy atom. The Hall–Kier alpha value is -2.63. The van der Waals surface area contributed by atoms with Gasteiger partial charge < -0.3 is 15.0 Å². The number of amides is 1. The third-order valence-corrected chi connectivity index (χ3v) is 4.44. The number of piperidine rings is 1. The van der Waals surface area contributed by atoms with Crippen LogP contribution in [0.1, 0.15) is 42.9 Å². The molecule has 0 spiro atoms. The van der Waals surface area contributed by atoms with Crippen LogP contribution < -0.4 is 10.1 Å². The van der Waals surface area contributed by atoms with E-state index in [0.29, 0.717) is 24.2 Å². The highest BCUT2D eigenvalue weighted by molar-refractivity contribution is 5.92. The summed E-state index contributed by atoms with van der Waals surface area (Å²) in [5.41, 5.74) is 2.06. The van der Waals surface area contributed by atoms with Gasteiger partial charge in [0.1, 0.15) is 11.4 Å². The van der Waals surface area contributed by atoms with Crippen molar-refractivity contribution in [2.24, 2.45) is 5.92 Å². The number of hydrogen-bond acceptors (Lipinski definition) is 5. The number of rotatable bonds is 5. The molecule has 1 fully saturated rings. The minimum absolute atomic E-state index is 0.0169. The fourth-order valence-corrected chi connectivity index (χ4v) is 3.20. The van der Waals surface area contributed by atoms with Crippen molar-refractivity contribution in [1.29, 1.82) is 0 Å². The third-order valence-electron chi connectivity index (χ3n) is 4.44. The van der Waals surface area contributed by atoms with Gasteiger partial charge in [-0.15, -0.1) is 0 Å². The van der Waals surface area contributed by atoms with Crippen LogP contribution in [-0.4, -0.2) is 40.5 Å². The maximum absolute atomic E-state index is 12.8. The van der Waals surface area contributed by atoms with E-state index >= 15 is 0 Å². The van der Waals surface area contributed by atoms with E-state index in [1.165, 1.54) is 6.42 Å². The van der Waals surface area contributed by atoms with Crippen LogP contribution in [0, 0.1) is 12.8 Å². The largest absolute Gasteiger partial charge is 0.494 e. The fraction of sp³-hybridized carbons (Fsp3) is 0.450. The number of carbonyl (C=O) groups is 1. The molecule has 2 heterocycles. The molecule has 0 radical (unpaired) electrons. The van der Waals surface area contributed by atoms with Crippen molar-refractivity contribution in [3.05, 3.63) is 41.7 Å². The molecule has 1 amide bonds. The molecule has 6 heteroatoms. The standard InChI is InChI=1S/C20H26N4O2/c1-4-26-17-9-7-16(8-10-17)22-20-21-15(3)12-18(23-20)19(25)24-11-5-6-14(2)13-24/h7-10,12,14H,4-6,11,13H2,1-3H3,(H,21,22,23). The van der Waals surface area contributed by atoms with E-state index in [1.807, 2.05) is 43.0 Å². The molecule has 1 N–H and O–H groups in total. The first-order valence-electron chi connectivity index (χ1n) is 9.20. The number of nitrogens with one attached hydrogen (secondary N) is 1. The maximum atomic E-state index is 12.8. The van der Waals surface area contributed by atoms with Gasteiger partial charge in [-0.2, -0.15) is 0 Å². The van der Waals surface area contributed by atoms with E-state index in [2.05, 4.69) is 22.2 Å². The van der Waals surface area contributed by atoms with Crippen LogP contribution in [0.25, 0.3) is 0 Å².